The van der Waals surface area contributed by atoms with Gasteiger partial charge in [-0.1, -0.05) is 109 Å². The van der Waals surface area contributed by atoms with Gasteiger partial charge in [0.25, 0.3) is 0 Å². The first-order valence-electron chi connectivity index (χ1n) is 18.3. The Bertz CT molecular complexity index is 3400. The molecule has 254 valence electrons. The zero-order valence-corrected chi connectivity index (χ0v) is 29.5. The first kappa shape index (κ1) is 30.7. The molecule has 0 amide bonds. The number of fused-ring (bicyclic) bond motifs is 9. The summed E-state index contributed by atoms with van der Waals surface area (Å²) < 4.78 is 6.87. The van der Waals surface area contributed by atoms with Gasteiger partial charge in [0.1, 0.15) is 6.07 Å². The SMILES string of the molecule is [C-]#[N+]c1ccc2c(c1)c1ccccc1n2-c1cccc(-c2ccc(-n3c4ccccc4c4ccc(-n5c6ccccc6c6ccccc65)cc43)cc2)c1C#N. The van der Waals surface area contributed by atoms with Crippen molar-refractivity contribution in [1.29, 1.82) is 5.26 Å². The highest BCUT2D eigenvalue weighted by atomic mass is 15.0. The molecule has 0 N–H and O–H groups in total. The average molecular weight is 700 g/mol. The van der Waals surface area contributed by atoms with E-state index in [2.05, 4.69) is 152 Å². The quantitative estimate of drug-likeness (QED) is 0.169. The van der Waals surface area contributed by atoms with Crippen LogP contribution in [0.5, 0.6) is 0 Å². The Morgan fingerprint density at radius 3 is 1.53 bits per heavy atom. The third-order valence-electron chi connectivity index (χ3n) is 11.1. The van der Waals surface area contributed by atoms with Gasteiger partial charge in [0.05, 0.1) is 50.9 Å². The van der Waals surface area contributed by atoms with E-state index in [4.69, 9.17) is 6.57 Å². The van der Waals surface area contributed by atoms with Crippen LogP contribution in [0.3, 0.4) is 0 Å². The Morgan fingerprint density at radius 2 is 0.927 bits per heavy atom. The second-order valence-electron chi connectivity index (χ2n) is 13.9. The van der Waals surface area contributed by atoms with Crippen molar-refractivity contribution in [3.05, 3.63) is 193 Å². The molecule has 0 bridgehead atoms. The van der Waals surface area contributed by atoms with Crippen LogP contribution in [-0.4, -0.2) is 13.7 Å². The van der Waals surface area contributed by atoms with Crippen LogP contribution in [0.2, 0.25) is 0 Å². The molecule has 0 saturated carbocycles. The summed E-state index contributed by atoms with van der Waals surface area (Å²) in [5, 5.41) is 17.7. The minimum absolute atomic E-state index is 0.593. The van der Waals surface area contributed by atoms with Gasteiger partial charge in [-0.15, -0.1) is 0 Å². The predicted molar refractivity (Wildman–Crippen MR) is 226 cm³/mol. The van der Waals surface area contributed by atoms with Crippen molar-refractivity contribution in [2.24, 2.45) is 0 Å². The van der Waals surface area contributed by atoms with Crippen LogP contribution in [-0.2, 0) is 0 Å². The van der Waals surface area contributed by atoms with E-state index in [1.807, 2.05) is 48.5 Å². The zero-order valence-electron chi connectivity index (χ0n) is 29.5. The highest BCUT2D eigenvalue weighted by Crippen LogP contribution is 2.39. The summed E-state index contributed by atoms with van der Waals surface area (Å²) in [6.45, 7) is 7.59. The molecule has 8 aromatic carbocycles. The van der Waals surface area contributed by atoms with Crippen molar-refractivity contribution in [1.82, 2.24) is 13.7 Å². The maximum atomic E-state index is 10.8. The van der Waals surface area contributed by atoms with E-state index in [1.54, 1.807) is 0 Å². The monoisotopic (exact) mass is 699 g/mol. The van der Waals surface area contributed by atoms with Crippen molar-refractivity contribution in [2.75, 3.05) is 0 Å². The van der Waals surface area contributed by atoms with E-state index < -0.39 is 0 Å². The fourth-order valence-corrected chi connectivity index (χ4v) is 8.74. The summed E-state index contributed by atoms with van der Waals surface area (Å²) in [6, 6.07) is 63.8. The number of hydrogen-bond donors (Lipinski definition) is 0. The van der Waals surface area contributed by atoms with Gasteiger partial charge in [-0.2, -0.15) is 5.26 Å². The van der Waals surface area contributed by atoms with Crippen molar-refractivity contribution < 1.29 is 0 Å². The molecule has 11 rings (SSSR count). The topological polar surface area (TPSA) is 42.9 Å². The van der Waals surface area contributed by atoms with E-state index in [0.717, 1.165) is 61.0 Å². The van der Waals surface area contributed by atoms with Crippen LogP contribution >= 0.6 is 0 Å². The smallest absolute Gasteiger partial charge is 0.188 e. The second-order valence-corrected chi connectivity index (χ2v) is 13.9. The first-order chi connectivity index (χ1) is 27.2. The van der Waals surface area contributed by atoms with Crippen LogP contribution < -0.4 is 0 Å². The summed E-state index contributed by atoms with van der Waals surface area (Å²) >= 11 is 0. The van der Waals surface area contributed by atoms with E-state index in [0.29, 0.717) is 11.3 Å². The van der Waals surface area contributed by atoms with E-state index in [-0.39, 0.29) is 0 Å². The molecule has 55 heavy (non-hydrogen) atoms. The van der Waals surface area contributed by atoms with Gasteiger partial charge in [0.15, 0.2) is 5.69 Å². The number of aromatic nitrogens is 3. The van der Waals surface area contributed by atoms with Crippen LogP contribution in [0.25, 0.3) is 98.5 Å². The normalized spacial score (nSPS) is 11.6. The Labute approximate surface area is 316 Å². The van der Waals surface area contributed by atoms with Gasteiger partial charge in [-0.3, -0.25) is 0 Å². The van der Waals surface area contributed by atoms with Crippen LogP contribution in [0, 0.1) is 17.9 Å². The van der Waals surface area contributed by atoms with Gasteiger partial charge in [0.2, 0.25) is 0 Å². The molecule has 0 spiro atoms. The van der Waals surface area contributed by atoms with Crippen molar-refractivity contribution in [3.63, 3.8) is 0 Å². The molecule has 11 aromatic rings. The number of hydrogen-bond acceptors (Lipinski definition) is 1. The van der Waals surface area contributed by atoms with E-state index in [1.165, 1.54) is 32.6 Å². The number of benzene rings is 8. The highest BCUT2D eigenvalue weighted by Gasteiger charge is 2.19. The van der Waals surface area contributed by atoms with Crippen molar-refractivity contribution in [2.45, 2.75) is 0 Å². The summed E-state index contributed by atoms with van der Waals surface area (Å²) in [4.78, 5) is 3.68. The summed E-state index contributed by atoms with van der Waals surface area (Å²) in [5.74, 6) is 0. The van der Waals surface area contributed by atoms with Crippen LogP contribution in [0.15, 0.2) is 176 Å². The molecular formula is C50H29N5. The fraction of sp³-hybridized carbons (Fsp3) is 0. The largest absolute Gasteiger partial charge is 0.309 e. The summed E-state index contributed by atoms with van der Waals surface area (Å²) in [5.41, 5.74) is 12.6. The van der Waals surface area contributed by atoms with Crippen LogP contribution in [0.1, 0.15) is 5.56 Å². The molecular weight excluding hydrogens is 671 g/mol. The maximum absolute atomic E-state index is 10.8. The van der Waals surface area contributed by atoms with Crippen molar-refractivity contribution >= 4 is 71.1 Å². The van der Waals surface area contributed by atoms with Gasteiger partial charge in [-0.25, -0.2) is 4.85 Å². The zero-order chi connectivity index (χ0) is 36.6. The first-order valence-corrected chi connectivity index (χ1v) is 18.3. The average Bonchev–Trinajstić information content (AvgIpc) is 3.88. The summed E-state index contributed by atoms with van der Waals surface area (Å²) in [7, 11) is 0. The number of nitrogens with zero attached hydrogens (tertiary/aromatic N) is 5. The lowest BCUT2D eigenvalue weighted by molar-refractivity contribution is 1.15. The predicted octanol–water partition coefficient (Wildman–Crippen LogP) is 13.1. The Balaban J connectivity index is 1.07. The van der Waals surface area contributed by atoms with Gasteiger partial charge in [-0.05, 0) is 77.7 Å². The van der Waals surface area contributed by atoms with Gasteiger partial charge in [0, 0.05) is 43.9 Å². The molecule has 0 aliphatic heterocycles. The van der Waals surface area contributed by atoms with E-state index in [9.17, 15) is 5.26 Å². The molecule has 0 aliphatic carbocycles. The standard InChI is InChI=1S/C50H29N5/c1-52-33-23-28-49-42(29-33)40-14-5-9-19-47(40)55(49)48-20-10-15-36(43(48)31-51)32-21-24-34(25-22-32)53-44-16-6-4-13-39(44)41-27-26-35(30-50(41)53)54-45-17-7-2-11-37(45)38-12-3-8-18-46(38)54/h2-30H. The molecule has 0 saturated heterocycles. The lowest BCUT2D eigenvalue weighted by atomic mass is 9.98. The highest BCUT2D eigenvalue weighted by molar-refractivity contribution is 6.13. The Kier molecular flexibility index (Phi) is 6.61. The third kappa shape index (κ3) is 4.45. The molecule has 0 atom stereocenters. The maximum Gasteiger partial charge on any atom is 0.188 e. The molecule has 0 radical (unpaired) electrons. The lowest BCUT2D eigenvalue weighted by Crippen LogP contribution is -2.00. The fourth-order valence-electron chi connectivity index (χ4n) is 8.74. The Hall–Kier alpha value is -7.86. The number of nitriles is 1. The molecule has 5 heteroatoms. The summed E-state index contributed by atoms with van der Waals surface area (Å²) in [6.07, 6.45) is 0. The molecule has 0 fully saturated rings. The molecule has 0 unspecified atom stereocenters. The number of rotatable bonds is 4. The van der Waals surface area contributed by atoms with Gasteiger partial charge >= 0.3 is 0 Å². The van der Waals surface area contributed by atoms with E-state index >= 15 is 0 Å². The minimum atomic E-state index is 0.593. The second kappa shape index (κ2) is 11.8. The molecule has 0 aliphatic rings. The number of para-hydroxylation sites is 4. The minimum Gasteiger partial charge on any atom is -0.309 e. The lowest BCUT2D eigenvalue weighted by Gasteiger charge is -2.15. The third-order valence-corrected chi connectivity index (χ3v) is 11.1. The molecule has 3 aromatic heterocycles. The van der Waals surface area contributed by atoms with Crippen molar-refractivity contribution in [3.8, 4) is 34.3 Å². The van der Waals surface area contributed by atoms with Gasteiger partial charge < -0.3 is 13.7 Å². The Morgan fingerprint density at radius 1 is 0.418 bits per heavy atom. The van der Waals surface area contributed by atoms with Crippen LogP contribution in [0.4, 0.5) is 5.69 Å². The molecule has 5 nitrogen and oxygen atoms in total. The molecule has 3 heterocycles.